The molecule has 0 aromatic carbocycles. The van der Waals surface area contributed by atoms with Crippen molar-refractivity contribution in [3.63, 3.8) is 0 Å². The van der Waals surface area contributed by atoms with Crippen molar-refractivity contribution in [2.75, 3.05) is 13.2 Å². The summed E-state index contributed by atoms with van der Waals surface area (Å²) in [5, 5.41) is 2.44. The van der Waals surface area contributed by atoms with E-state index in [0.717, 1.165) is 0 Å². The van der Waals surface area contributed by atoms with Crippen molar-refractivity contribution in [2.24, 2.45) is 5.18 Å². The minimum absolute atomic E-state index is 0.0404. The van der Waals surface area contributed by atoms with Gasteiger partial charge in [-0.3, -0.25) is 4.79 Å². The minimum Gasteiger partial charge on any atom is -0.466 e. The summed E-state index contributed by atoms with van der Waals surface area (Å²) in [6, 6.07) is 0. The molecule has 7 heavy (non-hydrogen) atoms. The predicted octanol–water partition coefficient (Wildman–Crippen LogP) is -0.0742. The van der Waals surface area contributed by atoms with Gasteiger partial charge in [-0.15, -0.1) is 0 Å². The second-order valence-corrected chi connectivity index (χ2v) is 0.820. The summed E-state index contributed by atoms with van der Waals surface area (Å²) in [6.07, 6.45) is 0. The van der Waals surface area contributed by atoms with Gasteiger partial charge in [-0.1, -0.05) is 5.18 Å². The van der Waals surface area contributed by atoms with Gasteiger partial charge in [0.25, 0.3) is 6.47 Å². The molecule has 4 nitrogen and oxygen atoms in total. The molecular weight excluding hydrogens is 98.0 g/mol. The van der Waals surface area contributed by atoms with Crippen molar-refractivity contribution in [3.05, 3.63) is 4.91 Å². The highest BCUT2D eigenvalue weighted by Gasteiger charge is 1.78. The lowest BCUT2D eigenvalue weighted by Crippen LogP contribution is -1.93. The maximum atomic E-state index is 9.31. The lowest BCUT2D eigenvalue weighted by atomic mass is 10.7. The molecule has 0 aliphatic carbocycles. The maximum absolute atomic E-state index is 9.31. The monoisotopic (exact) mass is 103 g/mol. The van der Waals surface area contributed by atoms with E-state index in [-0.39, 0.29) is 19.6 Å². The summed E-state index contributed by atoms with van der Waals surface area (Å²) in [7, 11) is 0. The summed E-state index contributed by atoms with van der Waals surface area (Å²) >= 11 is 0. The van der Waals surface area contributed by atoms with Gasteiger partial charge in [0, 0.05) is 0 Å². The fourth-order valence-electron chi connectivity index (χ4n) is 0.138. The number of hydrogen-bond donors (Lipinski definition) is 0. The van der Waals surface area contributed by atoms with E-state index in [1.165, 1.54) is 0 Å². The van der Waals surface area contributed by atoms with Gasteiger partial charge in [-0.05, 0) is 0 Å². The zero-order valence-corrected chi connectivity index (χ0v) is 3.66. The minimum atomic E-state index is 0.0404. The van der Waals surface area contributed by atoms with Gasteiger partial charge < -0.3 is 4.74 Å². The molecule has 0 rings (SSSR count). The van der Waals surface area contributed by atoms with Crippen molar-refractivity contribution < 1.29 is 9.53 Å². The maximum Gasteiger partial charge on any atom is 0.293 e. The average molecular weight is 103 g/mol. The van der Waals surface area contributed by atoms with Gasteiger partial charge in [0.1, 0.15) is 13.2 Å². The molecule has 0 amide bonds. The number of ether oxygens (including phenoxy) is 1. The molecule has 0 aromatic heterocycles. The summed E-state index contributed by atoms with van der Waals surface area (Å²) in [5.41, 5.74) is 0. The molecule has 0 saturated heterocycles. The smallest absolute Gasteiger partial charge is 0.293 e. The van der Waals surface area contributed by atoms with Gasteiger partial charge in [0.15, 0.2) is 0 Å². The Morgan fingerprint density at radius 2 is 2.43 bits per heavy atom. The fraction of sp³-hybridized carbons (Fsp3) is 0.667. The van der Waals surface area contributed by atoms with Crippen molar-refractivity contribution in [3.8, 4) is 0 Å². The number of carbonyl (C=O) groups is 1. The van der Waals surface area contributed by atoms with Crippen LogP contribution in [0.1, 0.15) is 0 Å². The van der Waals surface area contributed by atoms with Gasteiger partial charge in [0.05, 0.1) is 0 Å². The van der Waals surface area contributed by atoms with Crippen molar-refractivity contribution in [2.45, 2.75) is 0 Å². The number of nitrogens with zero attached hydrogens (tertiary/aromatic N) is 1. The molecule has 0 aliphatic heterocycles. The molecule has 0 bridgehead atoms. The third-order valence-corrected chi connectivity index (χ3v) is 0.368. The molecule has 4 heteroatoms. The Labute approximate surface area is 40.4 Å². The Balaban J connectivity index is 2.68. The van der Waals surface area contributed by atoms with Crippen LogP contribution in [0.3, 0.4) is 0 Å². The topological polar surface area (TPSA) is 55.7 Å². The van der Waals surface area contributed by atoms with Crippen molar-refractivity contribution in [1.29, 1.82) is 0 Å². The largest absolute Gasteiger partial charge is 0.466 e. The van der Waals surface area contributed by atoms with Gasteiger partial charge in [-0.25, -0.2) is 0 Å². The second kappa shape index (κ2) is 5.07. The predicted molar refractivity (Wildman–Crippen MR) is 22.7 cm³/mol. The molecular formula is C3H5NO3. The van der Waals surface area contributed by atoms with Crippen LogP contribution >= 0.6 is 0 Å². The zero-order chi connectivity index (χ0) is 5.54. The first-order chi connectivity index (χ1) is 3.41. The Morgan fingerprint density at radius 3 is 2.86 bits per heavy atom. The highest BCUT2D eigenvalue weighted by Crippen LogP contribution is 1.67. The molecule has 0 heterocycles. The molecule has 40 valence electrons. The first-order valence-corrected chi connectivity index (χ1v) is 1.76. The van der Waals surface area contributed by atoms with Crippen LogP contribution in [0.25, 0.3) is 0 Å². The van der Waals surface area contributed by atoms with E-state index >= 15 is 0 Å². The van der Waals surface area contributed by atoms with E-state index in [4.69, 9.17) is 0 Å². The van der Waals surface area contributed by atoms with Gasteiger partial charge >= 0.3 is 0 Å². The fourth-order valence-corrected chi connectivity index (χ4v) is 0.138. The molecule has 0 saturated carbocycles. The van der Waals surface area contributed by atoms with Crippen LogP contribution in [0.4, 0.5) is 0 Å². The summed E-state index contributed by atoms with van der Waals surface area (Å²) in [4.78, 5) is 18.5. The Morgan fingerprint density at radius 1 is 1.71 bits per heavy atom. The molecule has 0 atom stereocenters. The standard InChI is InChI=1S/C3H5NO3/c5-3-7-2-1-4-6/h3H,1-2H2. The average Bonchev–Trinajstić information content (AvgIpc) is 1.69. The third-order valence-electron chi connectivity index (χ3n) is 0.368. The molecule has 0 unspecified atom stereocenters. The van der Waals surface area contributed by atoms with Crippen LogP contribution in [0, 0.1) is 4.91 Å². The number of nitroso groups, excluding NO2 is 1. The third kappa shape index (κ3) is 5.07. The van der Waals surface area contributed by atoms with Crippen LogP contribution in [-0.2, 0) is 9.53 Å². The van der Waals surface area contributed by atoms with E-state index in [0.29, 0.717) is 0 Å². The Hall–Kier alpha value is -0.930. The van der Waals surface area contributed by atoms with Crippen LogP contribution < -0.4 is 0 Å². The zero-order valence-electron chi connectivity index (χ0n) is 3.66. The molecule has 0 aliphatic rings. The van der Waals surface area contributed by atoms with Crippen LogP contribution in [0.5, 0.6) is 0 Å². The summed E-state index contributed by atoms with van der Waals surface area (Å²) < 4.78 is 4.10. The second-order valence-electron chi connectivity index (χ2n) is 0.820. The van der Waals surface area contributed by atoms with E-state index < -0.39 is 0 Å². The molecule has 0 radical (unpaired) electrons. The highest BCUT2D eigenvalue weighted by molar-refractivity contribution is 5.36. The van der Waals surface area contributed by atoms with E-state index in [1.54, 1.807) is 0 Å². The SMILES string of the molecule is O=COCCN=O. The molecule has 0 fully saturated rings. The molecule has 0 N–H and O–H groups in total. The van der Waals surface area contributed by atoms with Crippen LogP contribution in [0.2, 0.25) is 0 Å². The first kappa shape index (κ1) is 6.07. The Kier molecular flexibility index (Phi) is 4.40. The highest BCUT2D eigenvalue weighted by atomic mass is 16.5. The number of carbonyl (C=O) groups excluding carboxylic acids is 1. The number of hydrogen-bond acceptors (Lipinski definition) is 4. The van der Waals surface area contributed by atoms with Crippen LogP contribution in [0.15, 0.2) is 5.18 Å². The van der Waals surface area contributed by atoms with Crippen LogP contribution in [-0.4, -0.2) is 19.6 Å². The van der Waals surface area contributed by atoms with Crippen molar-refractivity contribution >= 4 is 6.47 Å². The lowest BCUT2D eigenvalue weighted by molar-refractivity contribution is -0.128. The van der Waals surface area contributed by atoms with Gasteiger partial charge in [0.2, 0.25) is 0 Å². The normalized spacial score (nSPS) is 7.43. The van der Waals surface area contributed by atoms with E-state index in [1.807, 2.05) is 0 Å². The van der Waals surface area contributed by atoms with Gasteiger partial charge in [-0.2, -0.15) is 4.91 Å². The lowest BCUT2D eigenvalue weighted by Gasteiger charge is -1.85. The molecule has 0 aromatic rings. The number of rotatable bonds is 4. The summed E-state index contributed by atoms with van der Waals surface area (Å²) in [6.45, 7) is 0.414. The van der Waals surface area contributed by atoms with E-state index in [2.05, 4.69) is 9.91 Å². The Bertz CT molecular complexity index is 55.2. The summed E-state index contributed by atoms with van der Waals surface area (Å²) in [5.74, 6) is 0. The molecule has 0 spiro atoms. The quantitative estimate of drug-likeness (QED) is 0.284. The first-order valence-electron chi connectivity index (χ1n) is 1.76. The van der Waals surface area contributed by atoms with Crippen molar-refractivity contribution in [1.82, 2.24) is 0 Å². The van der Waals surface area contributed by atoms with E-state index in [9.17, 15) is 9.70 Å².